The minimum Gasteiger partial charge on any atom is -0.454 e. The molecule has 1 aliphatic rings. The van der Waals surface area contributed by atoms with Crippen LogP contribution in [-0.4, -0.2) is 13.0 Å². The van der Waals surface area contributed by atoms with E-state index < -0.39 is 0 Å². The molecule has 0 radical (unpaired) electrons. The molecular weight excluding hydrogens is 320 g/mol. The van der Waals surface area contributed by atoms with Gasteiger partial charge in [0.25, 0.3) is 0 Å². The molecule has 2 aromatic rings. The molecule has 0 saturated carbocycles. The Morgan fingerprint density at radius 2 is 1.85 bits per heavy atom. The van der Waals surface area contributed by atoms with Crippen LogP contribution >= 0.6 is 15.9 Å². The molecule has 1 heterocycles. The number of aryl methyl sites for hydroxylation is 1. The lowest BCUT2D eigenvalue weighted by Crippen LogP contribution is -1.93. The third kappa shape index (κ3) is 2.77. The number of nitrogens with zero attached hydrogens (tertiary/aromatic N) is 1. The van der Waals surface area contributed by atoms with Crippen molar-refractivity contribution in [2.24, 2.45) is 5.10 Å². The number of hydrogen-bond donors (Lipinski definition) is 1. The van der Waals surface area contributed by atoms with Crippen LogP contribution in [0.5, 0.6) is 11.5 Å². The average molecular weight is 333 g/mol. The molecule has 2 aromatic carbocycles. The summed E-state index contributed by atoms with van der Waals surface area (Å²) in [7, 11) is 0. The van der Waals surface area contributed by atoms with Gasteiger partial charge in [-0.3, -0.25) is 5.43 Å². The van der Waals surface area contributed by atoms with Crippen molar-refractivity contribution < 1.29 is 9.47 Å². The van der Waals surface area contributed by atoms with Crippen LogP contribution in [0.15, 0.2) is 46.0 Å². The van der Waals surface area contributed by atoms with Gasteiger partial charge < -0.3 is 9.47 Å². The molecule has 0 bridgehead atoms. The highest BCUT2D eigenvalue weighted by molar-refractivity contribution is 9.10. The first kappa shape index (κ1) is 13.0. The first-order valence-electron chi connectivity index (χ1n) is 6.17. The Morgan fingerprint density at radius 1 is 1.15 bits per heavy atom. The molecule has 5 heteroatoms. The molecule has 0 amide bonds. The number of anilines is 1. The van der Waals surface area contributed by atoms with E-state index in [0.717, 1.165) is 27.2 Å². The summed E-state index contributed by atoms with van der Waals surface area (Å²) >= 11 is 3.49. The second-order valence-corrected chi connectivity index (χ2v) is 5.32. The lowest BCUT2D eigenvalue weighted by atomic mass is 10.2. The van der Waals surface area contributed by atoms with Crippen LogP contribution in [0, 0.1) is 6.92 Å². The summed E-state index contributed by atoms with van der Waals surface area (Å²) < 4.78 is 11.6. The van der Waals surface area contributed by atoms with E-state index >= 15 is 0 Å². The van der Waals surface area contributed by atoms with Crippen molar-refractivity contribution in [1.82, 2.24) is 0 Å². The van der Waals surface area contributed by atoms with Crippen molar-refractivity contribution in [1.29, 1.82) is 0 Å². The number of halogens is 1. The van der Waals surface area contributed by atoms with Gasteiger partial charge in [0.1, 0.15) is 0 Å². The van der Waals surface area contributed by atoms with E-state index in [9.17, 15) is 0 Å². The standard InChI is InChI=1S/C15H13BrN2O2/c1-10-2-4-12(5-3-10)18-17-8-11-6-14-15(7-13(11)16)20-9-19-14/h2-8,18H,9H2,1H3/b17-8-. The van der Waals surface area contributed by atoms with Crippen molar-refractivity contribution in [3.63, 3.8) is 0 Å². The Kier molecular flexibility index (Phi) is 3.60. The molecule has 20 heavy (non-hydrogen) atoms. The number of benzene rings is 2. The molecule has 0 spiro atoms. The van der Waals surface area contributed by atoms with E-state index in [2.05, 4.69) is 33.4 Å². The number of hydrazone groups is 1. The van der Waals surface area contributed by atoms with Gasteiger partial charge in [0, 0.05) is 10.0 Å². The Morgan fingerprint density at radius 3 is 2.60 bits per heavy atom. The fourth-order valence-electron chi connectivity index (χ4n) is 1.84. The summed E-state index contributed by atoms with van der Waals surface area (Å²) in [6, 6.07) is 11.8. The maximum atomic E-state index is 5.35. The van der Waals surface area contributed by atoms with Crippen LogP contribution in [0.25, 0.3) is 0 Å². The third-order valence-electron chi connectivity index (χ3n) is 2.94. The number of nitrogens with one attached hydrogen (secondary N) is 1. The van der Waals surface area contributed by atoms with Crippen LogP contribution in [0.1, 0.15) is 11.1 Å². The maximum absolute atomic E-state index is 5.35. The van der Waals surface area contributed by atoms with Crippen molar-refractivity contribution in [3.8, 4) is 11.5 Å². The van der Waals surface area contributed by atoms with E-state index in [1.54, 1.807) is 6.21 Å². The molecule has 4 nitrogen and oxygen atoms in total. The van der Waals surface area contributed by atoms with Crippen molar-refractivity contribution in [2.75, 3.05) is 12.2 Å². The van der Waals surface area contributed by atoms with Crippen LogP contribution in [0.4, 0.5) is 5.69 Å². The van der Waals surface area contributed by atoms with Gasteiger partial charge in [0.2, 0.25) is 6.79 Å². The molecule has 1 aliphatic heterocycles. The SMILES string of the molecule is Cc1ccc(N/N=C\c2cc3c(cc2Br)OCO3)cc1. The monoisotopic (exact) mass is 332 g/mol. The molecule has 0 aromatic heterocycles. The highest BCUT2D eigenvalue weighted by Crippen LogP contribution is 2.36. The summed E-state index contributed by atoms with van der Waals surface area (Å²) in [5.41, 5.74) is 6.08. The van der Waals surface area contributed by atoms with Crippen LogP contribution in [0.2, 0.25) is 0 Å². The Bertz CT molecular complexity index is 654. The summed E-state index contributed by atoms with van der Waals surface area (Å²) in [4.78, 5) is 0. The van der Waals surface area contributed by atoms with E-state index in [4.69, 9.17) is 9.47 Å². The number of rotatable bonds is 3. The minimum atomic E-state index is 0.268. The second-order valence-electron chi connectivity index (χ2n) is 4.46. The Hall–Kier alpha value is -2.01. The smallest absolute Gasteiger partial charge is 0.231 e. The van der Waals surface area contributed by atoms with E-state index in [-0.39, 0.29) is 6.79 Å². The molecule has 3 rings (SSSR count). The Labute approximate surface area is 125 Å². The van der Waals surface area contributed by atoms with Crippen molar-refractivity contribution >= 4 is 27.8 Å². The highest BCUT2D eigenvalue weighted by atomic mass is 79.9. The first-order chi connectivity index (χ1) is 9.72. The van der Waals surface area contributed by atoms with Gasteiger partial charge in [-0.25, -0.2) is 0 Å². The third-order valence-corrected chi connectivity index (χ3v) is 3.63. The Balaban J connectivity index is 1.74. The summed E-state index contributed by atoms with van der Waals surface area (Å²) in [6.45, 7) is 2.32. The quantitative estimate of drug-likeness (QED) is 0.684. The normalized spacial score (nSPS) is 12.9. The second kappa shape index (κ2) is 5.54. The van der Waals surface area contributed by atoms with Crippen LogP contribution in [0.3, 0.4) is 0 Å². The van der Waals surface area contributed by atoms with Gasteiger partial charge >= 0.3 is 0 Å². The maximum Gasteiger partial charge on any atom is 0.231 e. The predicted molar refractivity (Wildman–Crippen MR) is 82.7 cm³/mol. The van der Waals surface area contributed by atoms with E-state index in [0.29, 0.717) is 0 Å². The molecule has 0 unspecified atom stereocenters. The van der Waals surface area contributed by atoms with Crippen LogP contribution < -0.4 is 14.9 Å². The lowest BCUT2D eigenvalue weighted by Gasteiger charge is -2.03. The van der Waals surface area contributed by atoms with Gasteiger partial charge in [-0.15, -0.1) is 0 Å². The summed E-state index contributed by atoms with van der Waals surface area (Å²) in [5, 5.41) is 4.23. The highest BCUT2D eigenvalue weighted by Gasteiger charge is 2.15. The van der Waals surface area contributed by atoms with Gasteiger partial charge in [-0.05, 0) is 47.1 Å². The average Bonchev–Trinajstić information content (AvgIpc) is 2.88. The zero-order valence-corrected chi connectivity index (χ0v) is 12.5. The zero-order valence-electron chi connectivity index (χ0n) is 10.9. The van der Waals surface area contributed by atoms with Crippen LogP contribution in [-0.2, 0) is 0 Å². The molecule has 0 atom stereocenters. The van der Waals surface area contributed by atoms with Gasteiger partial charge in [-0.1, -0.05) is 17.7 Å². The largest absolute Gasteiger partial charge is 0.454 e. The van der Waals surface area contributed by atoms with Crippen molar-refractivity contribution in [2.45, 2.75) is 6.92 Å². The molecule has 102 valence electrons. The van der Waals surface area contributed by atoms with E-state index in [1.807, 2.05) is 36.4 Å². The first-order valence-corrected chi connectivity index (χ1v) is 6.96. The fourth-order valence-corrected chi connectivity index (χ4v) is 2.26. The van der Waals surface area contributed by atoms with Gasteiger partial charge in [-0.2, -0.15) is 5.10 Å². The number of ether oxygens (including phenoxy) is 2. The number of hydrogen-bond acceptors (Lipinski definition) is 4. The molecule has 0 aliphatic carbocycles. The minimum absolute atomic E-state index is 0.268. The molecule has 0 saturated heterocycles. The summed E-state index contributed by atoms with van der Waals surface area (Å²) in [6.07, 6.45) is 1.74. The lowest BCUT2D eigenvalue weighted by molar-refractivity contribution is 0.174. The molecule has 0 fully saturated rings. The van der Waals surface area contributed by atoms with Gasteiger partial charge in [0.15, 0.2) is 11.5 Å². The van der Waals surface area contributed by atoms with E-state index in [1.165, 1.54) is 5.56 Å². The number of fused-ring (bicyclic) bond motifs is 1. The van der Waals surface area contributed by atoms with Gasteiger partial charge in [0.05, 0.1) is 11.9 Å². The zero-order chi connectivity index (χ0) is 13.9. The predicted octanol–water partition coefficient (Wildman–Crippen LogP) is 3.93. The van der Waals surface area contributed by atoms with Crippen molar-refractivity contribution in [3.05, 3.63) is 52.0 Å². The fraction of sp³-hybridized carbons (Fsp3) is 0.133. The molecule has 1 N–H and O–H groups in total. The topological polar surface area (TPSA) is 42.9 Å². The summed E-state index contributed by atoms with van der Waals surface area (Å²) in [5.74, 6) is 1.49. The molecular formula is C15H13BrN2O2.